The lowest BCUT2D eigenvalue weighted by atomic mass is 9.95. The van der Waals surface area contributed by atoms with Crippen LogP contribution >= 0.6 is 23.6 Å². The van der Waals surface area contributed by atoms with E-state index in [1.54, 1.807) is 0 Å². The van der Waals surface area contributed by atoms with Crippen molar-refractivity contribution in [2.24, 2.45) is 17.6 Å². The second-order valence-electron chi connectivity index (χ2n) is 3.97. The SMILES string of the molecule is CCc1nnc(NC(=O)C(C(N)=S)C(C)C)s1. The van der Waals surface area contributed by atoms with E-state index in [9.17, 15) is 4.79 Å². The highest BCUT2D eigenvalue weighted by Gasteiger charge is 2.25. The molecule has 0 aliphatic carbocycles. The van der Waals surface area contributed by atoms with Gasteiger partial charge in [0.05, 0.1) is 10.9 Å². The summed E-state index contributed by atoms with van der Waals surface area (Å²) in [7, 11) is 0. The summed E-state index contributed by atoms with van der Waals surface area (Å²) in [4.78, 5) is 12.2. The van der Waals surface area contributed by atoms with Crippen LogP contribution in [0.1, 0.15) is 25.8 Å². The topological polar surface area (TPSA) is 80.9 Å². The number of rotatable bonds is 5. The van der Waals surface area contributed by atoms with Gasteiger partial charge in [-0.25, -0.2) is 0 Å². The van der Waals surface area contributed by atoms with Crippen molar-refractivity contribution in [3.63, 3.8) is 0 Å². The summed E-state index contributed by atoms with van der Waals surface area (Å²) in [6.07, 6.45) is 0.802. The Morgan fingerprint density at radius 2 is 2.18 bits per heavy atom. The Labute approximate surface area is 110 Å². The van der Waals surface area contributed by atoms with Gasteiger partial charge in [0.25, 0.3) is 0 Å². The lowest BCUT2D eigenvalue weighted by molar-refractivity contribution is -0.118. The van der Waals surface area contributed by atoms with Gasteiger partial charge in [0.15, 0.2) is 0 Å². The number of nitrogens with zero attached hydrogens (tertiary/aromatic N) is 2. The number of nitrogens with one attached hydrogen (secondary N) is 1. The van der Waals surface area contributed by atoms with Crippen LogP contribution in [0.4, 0.5) is 5.13 Å². The predicted molar refractivity (Wildman–Crippen MR) is 73.0 cm³/mol. The zero-order chi connectivity index (χ0) is 13.0. The summed E-state index contributed by atoms with van der Waals surface area (Å²) in [5.74, 6) is -0.628. The molecule has 0 spiro atoms. The van der Waals surface area contributed by atoms with Crippen molar-refractivity contribution in [2.45, 2.75) is 27.2 Å². The molecule has 7 heteroatoms. The van der Waals surface area contributed by atoms with E-state index < -0.39 is 5.92 Å². The number of aromatic nitrogens is 2. The fourth-order valence-corrected chi connectivity index (χ4v) is 2.45. The van der Waals surface area contributed by atoms with Crippen molar-refractivity contribution < 1.29 is 4.79 Å². The zero-order valence-corrected chi connectivity index (χ0v) is 11.7. The minimum absolute atomic E-state index is 0.0612. The molecule has 0 bridgehead atoms. The van der Waals surface area contributed by atoms with Gasteiger partial charge < -0.3 is 5.73 Å². The molecular formula is C10H16N4OS2. The van der Waals surface area contributed by atoms with Crippen molar-refractivity contribution in [3.05, 3.63) is 5.01 Å². The van der Waals surface area contributed by atoms with Crippen LogP contribution < -0.4 is 11.1 Å². The molecule has 1 atom stereocenters. The molecule has 5 nitrogen and oxygen atoms in total. The smallest absolute Gasteiger partial charge is 0.236 e. The first-order valence-corrected chi connectivity index (χ1v) is 6.60. The highest BCUT2D eigenvalue weighted by molar-refractivity contribution is 7.80. The van der Waals surface area contributed by atoms with Gasteiger partial charge in [0.2, 0.25) is 11.0 Å². The van der Waals surface area contributed by atoms with Crippen LogP contribution in [0.5, 0.6) is 0 Å². The van der Waals surface area contributed by atoms with Crippen molar-refractivity contribution in [3.8, 4) is 0 Å². The minimum atomic E-state index is -0.473. The minimum Gasteiger partial charge on any atom is -0.393 e. The normalized spacial score (nSPS) is 12.5. The van der Waals surface area contributed by atoms with Crippen molar-refractivity contribution >= 4 is 39.6 Å². The van der Waals surface area contributed by atoms with Gasteiger partial charge in [-0.1, -0.05) is 44.3 Å². The fourth-order valence-electron chi connectivity index (χ4n) is 1.39. The maximum atomic E-state index is 12.0. The van der Waals surface area contributed by atoms with E-state index in [0.717, 1.165) is 11.4 Å². The van der Waals surface area contributed by atoms with Gasteiger partial charge >= 0.3 is 0 Å². The molecule has 0 radical (unpaired) electrons. The third-order valence-electron chi connectivity index (χ3n) is 2.26. The van der Waals surface area contributed by atoms with E-state index in [1.807, 2.05) is 20.8 Å². The van der Waals surface area contributed by atoms with Gasteiger partial charge in [-0.3, -0.25) is 10.1 Å². The highest BCUT2D eigenvalue weighted by Crippen LogP contribution is 2.19. The molecule has 1 heterocycles. The van der Waals surface area contributed by atoms with E-state index in [2.05, 4.69) is 15.5 Å². The summed E-state index contributed by atoms with van der Waals surface area (Å²) in [5.41, 5.74) is 5.56. The summed E-state index contributed by atoms with van der Waals surface area (Å²) in [5, 5.41) is 11.9. The number of hydrogen-bond donors (Lipinski definition) is 2. The molecule has 0 aromatic carbocycles. The third kappa shape index (κ3) is 3.71. The maximum Gasteiger partial charge on any atom is 0.236 e. The van der Waals surface area contributed by atoms with Crippen molar-refractivity contribution in [2.75, 3.05) is 5.32 Å². The second-order valence-corrected chi connectivity index (χ2v) is 5.50. The first-order chi connectivity index (χ1) is 7.95. The van der Waals surface area contributed by atoms with E-state index in [0.29, 0.717) is 5.13 Å². The standard InChI is InChI=1S/C10H16N4OS2/c1-4-6-13-14-10(17-6)12-9(15)7(5(2)3)8(11)16/h5,7H,4H2,1-3H3,(H2,11,16)(H,12,14,15). The molecule has 94 valence electrons. The fraction of sp³-hybridized carbons (Fsp3) is 0.600. The highest BCUT2D eigenvalue weighted by atomic mass is 32.1. The molecule has 0 aliphatic rings. The van der Waals surface area contributed by atoms with E-state index >= 15 is 0 Å². The monoisotopic (exact) mass is 272 g/mol. The van der Waals surface area contributed by atoms with Crippen LogP contribution in [0.25, 0.3) is 0 Å². The lowest BCUT2D eigenvalue weighted by Gasteiger charge is -2.17. The molecule has 1 aromatic heterocycles. The number of hydrogen-bond acceptors (Lipinski definition) is 5. The molecule has 0 fully saturated rings. The van der Waals surface area contributed by atoms with Crippen LogP contribution in [0.2, 0.25) is 0 Å². The Bertz CT molecular complexity index is 416. The summed E-state index contributed by atoms with van der Waals surface area (Å²) in [6, 6.07) is 0. The largest absolute Gasteiger partial charge is 0.393 e. The molecule has 1 unspecified atom stereocenters. The van der Waals surface area contributed by atoms with Crippen LogP contribution in [0, 0.1) is 11.8 Å². The van der Waals surface area contributed by atoms with E-state index in [-0.39, 0.29) is 16.8 Å². The molecule has 1 aromatic rings. The van der Waals surface area contributed by atoms with Crippen LogP contribution in [0.3, 0.4) is 0 Å². The van der Waals surface area contributed by atoms with Gasteiger partial charge in [-0.05, 0) is 12.3 Å². The third-order valence-corrected chi connectivity index (χ3v) is 3.49. The Hall–Kier alpha value is -1.08. The van der Waals surface area contributed by atoms with Gasteiger partial charge in [-0.15, -0.1) is 10.2 Å². The number of carbonyl (C=O) groups is 1. The average Bonchev–Trinajstić information content (AvgIpc) is 2.64. The molecule has 0 saturated carbocycles. The quantitative estimate of drug-likeness (QED) is 0.796. The Kier molecular flexibility index (Phi) is 4.95. The molecule has 0 aliphatic heterocycles. The first kappa shape index (κ1) is 14.0. The van der Waals surface area contributed by atoms with Crippen LogP contribution in [-0.4, -0.2) is 21.1 Å². The van der Waals surface area contributed by atoms with Crippen molar-refractivity contribution in [1.82, 2.24) is 10.2 Å². The average molecular weight is 272 g/mol. The number of carbonyl (C=O) groups excluding carboxylic acids is 1. The zero-order valence-electron chi connectivity index (χ0n) is 10.1. The molecule has 1 amide bonds. The molecular weight excluding hydrogens is 256 g/mol. The lowest BCUT2D eigenvalue weighted by Crippen LogP contribution is -2.36. The Balaban J connectivity index is 2.73. The van der Waals surface area contributed by atoms with Gasteiger partial charge in [0.1, 0.15) is 5.01 Å². The molecule has 0 saturated heterocycles. The number of amides is 1. The van der Waals surface area contributed by atoms with Crippen LogP contribution in [0.15, 0.2) is 0 Å². The van der Waals surface area contributed by atoms with Crippen molar-refractivity contribution in [1.29, 1.82) is 0 Å². The summed E-state index contributed by atoms with van der Waals surface area (Å²) < 4.78 is 0. The second kappa shape index (κ2) is 6.02. The predicted octanol–water partition coefficient (Wildman–Crippen LogP) is 1.60. The maximum absolute atomic E-state index is 12.0. The van der Waals surface area contributed by atoms with Gasteiger partial charge in [0, 0.05) is 0 Å². The van der Waals surface area contributed by atoms with Crippen LogP contribution in [-0.2, 0) is 11.2 Å². The van der Waals surface area contributed by atoms with E-state index in [4.69, 9.17) is 18.0 Å². The summed E-state index contributed by atoms with van der Waals surface area (Å²) >= 11 is 6.26. The molecule has 3 N–H and O–H groups in total. The summed E-state index contributed by atoms with van der Waals surface area (Å²) in [6.45, 7) is 5.79. The number of aryl methyl sites for hydroxylation is 1. The number of thiocarbonyl (C=S) groups is 1. The Morgan fingerprint density at radius 3 is 2.59 bits per heavy atom. The number of nitrogens with two attached hydrogens (primary N) is 1. The number of anilines is 1. The van der Waals surface area contributed by atoms with Gasteiger partial charge in [-0.2, -0.15) is 0 Å². The first-order valence-electron chi connectivity index (χ1n) is 5.38. The van der Waals surface area contributed by atoms with E-state index in [1.165, 1.54) is 11.3 Å². The molecule has 17 heavy (non-hydrogen) atoms. The Morgan fingerprint density at radius 1 is 1.53 bits per heavy atom. The molecule has 1 rings (SSSR count).